The Hall–Kier alpha value is -2.47. The van der Waals surface area contributed by atoms with Crippen molar-refractivity contribution in [1.29, 1.82) is 0 Å². The Morgan fingerprint density at radius 2 is 1.48 bits per heavy atom. The minimum Gasteiger partial charge on any atom is -0.336 e. The molecule has 0 fully saturated rings. The third-order valence-corrected chi connectivity index (χ3v) is 3.97. The van der Waals surface area contributed by atoms with Crippen molar-refractivity contribution < 1.29 is 9.59 Å². The number of thioether (sulfide) groups is 1. The molecule has 0 unspecified atom stereocenters. The number of hydrogen-bond donors (Lipinski definition) is 3. The summed E-state index contributed by atoms with van der Waals surface area (Å²) in [6.45, 7) is 3.79. The number of amides is 3. The van der Waals surface area contributed by atoms with E-state index in [2.05, 4.69) is 16.0 Å². The number of carbonyl (C=O) groups is 2. The number of urea groups is 1. The van der Waals surface area contributed by atoms with Gasteiger partial charge in [-0.2, -0.15) is 11.8 Å². The molecule has 0 aromatic heterocycles. The maximum Gasteiger partial charge on any atom is 0.319 e. The summed E-state index contributed by atoms with van der Waals surface area (Å²) in [6.07, 6.45) is 2.05. The topological polar surface area (TPSA) is 70.2 Å². The molecule has 6 heteroatoms. The van der Waals surface area contributed by atoms with E-state index in [1.807, 2.05) is 44.4 Å². The summed E-state index contributed by atoms with van der Waals surface area (Å²) in [5.74, 6) is 0.773. The fraction of sp³-hybridized carbons (Fsp3) is 0.263. The van der Waals surface area contributed by atoms with Gasteiger partial charge in [0.2, 0.25) is 0 Å². The number of hydrogen-bond acceptors (Lipinski definition) is 3. The Morgan fingerprint density at radius 3 is 2.00 bits per heavy atom. The van der Waals surface area contributed by atoms with Crippen LogP contribution in [0.1, 0.15) is 29.8 Å². The largest absolute Gasteiger partial charge is 0.336 e. The Morgan fingerprint density at radius 1 is 0.920 bits per heavy atom. The number of benzene rings is 2. The van der Waals surface area contributed by atoms with E-state index < -0.39 is 0 Å². The lowest BCUT2D eigenvalue weighted by Crippen LogP contribution is -2.34. The van der Waals surface area contributed by atoms with E-state index in [1.54, 1.807) is 36.0 Å². The second-order valence-corrected chi connectivity index (χ2v) is 6.78. The predicted molar refractivity (Wildman–Crippen MR) is 105 cm³/mol. The molecule has 0 atom stereocenters. The first-order chi connectivity index (χ1) is 12.0. The fourth-order valence-corrected chi connectivity index (χ4v) is 2.71. The van der Waals surface area contributed by atoms with Crippen molar-refractivity contribution in [1.82, 2.24) is 5.32 Å². The summed E-state index contributed by atoms with van der Waals surface area (Å²) in [5, 5.41) is 8.34. The van der Waals surface area contributed by atoms with Crippen molar-refractivity contribution in [2.24, 2.45) is 0 Å². The summed E-state index contributed by atoms with van der Waals surface area (Å²) < 4.78 is 0. The lowest BCUT2D eigenvalue weighted by atomic mass is 10.1. The van der Waals surface area contributed by atoms with Crippen LogP contribution in [0.4, 0.5) is 16.2 Å². The van der Waals surface area contributed by atoms with E-state index in [4.69, 9.17) is 0 Å². The highest BCUT2D eigenvalue weighted by atomic mass is 32.2. The Balaban J connectivity index is 1.93. The van der Waals surface area contributed by atoms with Crippen LogP contribution in [-0.2, 0) is 5.75 Å². The monoisotopic (exact) mass is 357 g/mol. The van der Waals surface area contributed by atoms with E-state index in [0.717, 1.165) is 5.75 Å². The summed E-state index contributed by atoms with van der Waals surface area (Å²) in [7, 11) is 0. The molecule has 0 spiro atoms. The quantitative estimate of drug-likeness (QED) is 0.720. The highest BCUT2D eigenvalue weighted by molar-refractivity contribution is 7.97. The molecule has 0 bridgehead atoms. The van der Waals surface area contributed by atoms with Gasteiger partial charge in [0.25, 0.3) is 5.91 Å². The van der Waals surface area contributed by atoms with Crippen LogP contribution in [0.2, 0.25) is 0 Å². The van der Waals surface area contributed by atoms with Crippen LogP contribution in [0.25, 0.3) is 0 Å². The van der Waals surface area contributed by atoms with Gasteiger partial charge in [-0.1, -0.05) is 12.1 Å². The maximum absolute atomic E-state index is 12.3. The van der Waals surface area contributed by atoms with E-state index in [1.165, 1.54) is 5.56 Å². The molecule has 0 saturated carbocycles. The van der Waals surface area contributed by atoms with Crippen molar-refractivity contribution in [2.45, 2.75) is 25.6 Å². The average molecular weight is 357 g/mol. The van der Waals surface area contributed by atoms with Gasteiger partial charge in [-0.05, 0) is 62.1 Å². The van der Waals surface area contributed by atoms with Gasteiger partial charge in [0.05, 0.1) is 0 Å². The summed E-state index contributed by atoms with van der Waals surface area (Å²) >= 11 is 1.75. The zero-order chi connectivity index (χ0) is 18.2. The standard InChI is InChI=1S/C19H23N3O2S/c1-13(2)20-19(24)22-17-10-8-16(9-11-17)21-18(23)15-6-4-14(5-7-15)12-25-3/h4-11,13H,12H2,1-3H3,(H,21,23)(H2,20,22,24). The molecular formula is C19H23N3O2S. The molecule has 0 radical (unpaired) electrons. The number of rotatable bonds is 6. The zero-order valence-electron chi connectivity index (χ0n) is 14.6. The molecule has 0 aliphatic heterocycles. The first kappa shape index (κ1) is 18.9. The van der Waals surface area contributed by atoms with E-state index in [9.17, 15) is 9.59 Å². The van der Waals surface area contributed by atoms with Crippen molar-refractivity contribution >= 4 is 35.1 Å². The molecule has 0 aliphatic carbocycles. The van der Waals surface area contributed by atoms with Crippen molar-refractivity contribution in [3.8, 4) is 0 Å². The second-order valence-electron chi connectivity index (χ2n) is 5.91. The highest BCUT2D eigenvalue weighted by Gasteiger charge is 2.07. The van der Waals surface area contributed by atoms with Crippen LogP contribution in [0.5, 0.6) is 0 Å². The first-order valence-electron chi connectivity index (χ1n) is 8.04. The average Bonchev–Trinajstić information content (AvgIpc) is 2.57. The van der Waals surface area contributed by atoms with Gasteiger partial charge < -0.3 is 16.0 Å². The first-order valence-corrected chi connectivity index (χ1v) is 9.44. The van der Waals surface area contributed by atoms with Crippen LogP contribution in [0.15, 0.2) is 48.5 Å². The molecule has 0 heterocycles. The van der Waals surface area contributed by atoms with E-state index in [0.29, 0.717) is 16.9 Å². The molecule has 3 N–H and O–H groups in total. The molecule has 2 aromatic rings. The normalized spacial score (nSPS) is 10.4. The van der Waals surface area contributed by atoms with Crippen LogP contribution in [-0.4, -0.2) is 24.2 Å². The maximum atomic E-state index is 12.3. The lowest BCUT2D eigenvalue weighted by Gasteiger charge is -2.11. The molecule has 5 nitrogen and oxygen atoms in total. The Labute approximate surface area is 152 Å². The zero-order valence-corrected chi connectivity index (χ0v) is 15.4. The SMILES string of the molecule is CSCc1ccc(C(=O)Nc2ccc(NC(=O)NC(C)C)cc2)cc1. The molecule has 0 saturated heterocycles. The third kappa shape index (κ3) is 6.15. The number of carbonyl (C=O) groups excluding carboxylic acids is 2. The van der Waals surface area contributed by atoms with E-state index in [-0.39, 0.29) is 18.0 Å². The molecule has 2 rings (SSSR count). The van der Waals surface area contributed by atoms with Crippen molar-refractivity contribution in [2.75, 3.05) is 16.9 Å². The van der Waals surface area contributed by atoms with Crippen molar-refractivity contribution in [3.63, 3.8) is 0 Å². The minimum absolute atomic E-state index is 0.0702. The molecular weight excluding hydrogens is 334 g/mol. The van der Waals surface area contributed by atoms with Gasteiger partial charge in [-0.25, -0.2) is 4.79 Å². The van der Waals surface area contributed by atoms with Gasteiger partial charge in [0.1, 0.15) is 0 Å². The predicted octanol–water partition coefficient (Wildman–Crippen LogP) is 4.33. The van der Waals surface area contributed by atoms with E-state index >= 15 is 0 Å². The van der Waals surface area contributed by atoms with Crippen molar-refractivity contribution in [3.05, 3.63) is 59.7 Å². The van der Waals surface area contributed by atoms with Crippen LogP contribution < -0.4 is 16.0 Å². The van der Waals surface area contributed by atoms with Gasteiger partial charge in [0.15, 0.2) is 0 Å². The van der Waals surface area contributed by atoms with Gasteiger partial charge in [-0.15, -0.1) is 0 Å². The molecule has 132 valence electrons. The molecule has 25 heavy (non-hydrogen) atoms. The minimum atomic E-state index is -0.253. The number of nitrogens with one attached hydrogen (secondary N) is 3. The molecule has 2 aromatic carbocycles. The Bertz CT molecular complexity index is 712. The van der Waals surface area contributed by atoms with Gasteiger partial charge in [0, 0.05) is 28.7 Å². The van der Waals surface area contributed by atoms with Gasteiger partial charge >= 0.3 is 6.03 Å². The lowest BCUT2D eigenvalue weighted by molar-refractivity contribution is 0.102. The second kappa shape index (κ2) is 9.13. The summed E-state index contributed by atoms with van der Waals surface area (Å²) in [6, 6.07) is 14.4. The number of anilines is 2. The van der Waals surface area contributed by atoms with Crippen LogP contribution in [0, 0.1) is 0 Å². The van der Waals surface area contributed by atoms with Gasteiger partial charge in [-0.3, -0.25) is 4.79 Å². The van der Waals surface area contributed by atoms with Crippen LogP contribution in [0.3, 0.4) is 0 Å². The fourth-order valence-electron chi connectivity index (χ4n) is 2.19. The van der Waals surface area contributed by atoms with Crippen LogP contribution >= 0.6 is 11.8 Å². The highest BCUT2D eigenvalue weighted by Crippen LogP contribution is 2.16. The summed E-state index contributed by atoms with van der Waals surface area (Å²) in [4.78, 5) is 23.9. The Kier molecular flexibility index (Phi) is 6.89. The third-order valence-electron chi connectivity index (χ3n) is 3.35. The molecule has 0 aliphatic rings. The molecule has 3 amide bonds. The smallest absolute Gasteiger partial charge is 0.319 e. The summed E-state index contributed by atoms with van der Waals surface area (Å²) in [5.41, 5.74) is 3.15.